The monoisotopic (exact) mass is 448 g/mol. The Morgan fingerprint density at radius 2 is 1.06 bits per heavy atom. The first-order valence-corrected chi connectivity index (χ1v) is 11.6. The average Bonchev–Trinajstić information content (AvgIpc) is 2.93. The zero-order valence-corrected chi connectivity index (χ0v) is 19.3. The summed E-state index contributed by atoms with van der Waals surface area (Å²) in [6.45, 7) is 0. The lowest BCUT2D eigenvalue weighted by Gasteiger charge is -2.12. The van der Waals surface area contributed by atoms with E-state index in [1.807, 2.05) is 72.9 Å². The zero-order chi connectivity index (χ0) is 23.6. The third-order valence-electron chi connectivity index (χ3n) is 5.98. The molecule has 0 aliphatic carbocycles. The van der Waals surface area contributed by atoms with E-state index >= 15 is 0 Å². The minimum atomic E-state index is 0.649. The number of hydrogen-bond donors (Lipinski definition) is 0. The predicted molar refractivity (Wildman–Crippen MR) is 145 cm³/mol. The van der Waals surface area contributed by atoms with Crippen molar-refractivity contribution in [3.63, 3.8) is 0 Å². The molecule has 6 rings (SSSR count). The summed E-state index contributed by atoms with van der Waals surface area (Å²) in [7, 11) is 2.10. The van der Waals surface area contributed by atoms with Crippen LogP contribution in [0.5, 0.6) is 0 Å². The number of para-hydroxylation sites is 1. The fourth-order valence-electron chi connectivity index (χ4n) is 4.34. The fourth-order valence-corrected chi connectivity index (χ4v) is 4.34. The van der Waals surface area contributed by atoms with Crippen molar-refractivity contribution < 1.29 is 0 Å². The molecule has 0 spiro atoms. The molecule has 0 saturated carbocycles. The molecular weight excluding hydrogens is 427 g/mol. The van der Waals surface area contributed by atoms with Gasteiger partial charge in [-0.05, 0) is 17.7 Å². The van der Waals surface area contributed by atoms with Gasteiger partial charge in [0.2, 0.25) is 0 Å². The smallest absolute Gasteiger partial charge is 0.164 e. The van der Waals surface area contributed by atoms with Crippen LogP contribution in [0, 0.1) is 0 Å². The first-order valence-electron chi connectivity index (χ1n) is 11.6. The van der Waals surface area contributed by atoms with Gasteiger partial charge in [0, 0.05) is 33.8 Å². The molecular formula is C30H21BN4. The minimum absolute atomic E-state index is 0.649. The van der Waals surface area contributed by atoms with Crippen molar-refractivity contribution in [3.05, 3.63) is 115 Å². The van der Waals surface area contributed by atoms with Gasteiger partial charge < -0.3 is 0 Å². The van der Waals surface area contributed by atoms with E-state index in [0.29, 0.717) is 17.5 Å². The highest BCUT2D eigenvalue weighted by molar-refractivity contribution is 6.33. The molecule has 0 unspecified atom stereocenters. The van der Waals surface area contributed by atoms with Crippen LogP contribution in [0.25, 0.3) is 56.2 Å². The Kier molecular flexibility index (Phi) is 5.36. The van der Waals surface area contributed by atoms with Crippen molar-refractivity contribution in [2.24, 2.45) is 0 Å². The summed E-state index contributed by atoms with van der Waals surface area (Å²) >= 11 is 0. The highest BCUT2D eigenvalue weighted by atomic mass is 15.0. The first-order chi connectivity index (χ1) is 17.2. The lowest BCUT2D eigenvalue weighted by molar-refractivity contribution is 1.07. The molecule has 6 aromatic rings. The number of hydrogen-bond acceptors (Lipinski definition) is 4. The maximum atomic E-state index is 4.90. The van der Waals surface area contributed by atoms with Gasteiger partial charge in [-0.1, -0.05) is 103 Å². The summed E-state index contributed by atoms with van der Waals surface area (Å²) in [5.41, 5.74) is 7.16. The Labute approximate surface area is 204 Å². The maximum Gasteiger partial charge on any atom is 0.164 e. The van der Waals surface area contributed by atoms with E-state index in [-0.39, 0.29) is 0 Å². The van der Waals surface area contributed by atoms with Crippen molar-refractivity contribution in [2.75, 3.05) is 0 Å². The third kappa shape index (κ3) is 4.20. The number of pyridine rings is 1. The molecule has 2 heterocycles. The van der Waals surface area contributed by atoms with Gasteiger partial charge in [0.25, 0.3) is 0 Å². The molecule has 164 valence electrons. The molecule has 2 aromatic heterocycles. The van der Waals surface area contributed by atoms with Crippen molar-refractivity contribution in [2.45, 2.75) is 0 Å². The molecule has 0 fully saturated rings. The van der Waals surface area contributed by atoms with E-state index in [1.54, 1.807) is 0 Å². The van der Waals surface area contributed by atoms with Crippen LogP contribution in [0.2, 0.25) is 0 Å². The van der Waals surface area contributed by atoms with Crippen LogP contribution in [-0.4, -0.2) is 27.8 Å². The molecule has 0 atom stereocenters. The number of aromatic nitrogens is 4. The van der Waals surface area contributed by atoms with Crippen LogP contribution in [0.4, 0.5) is 0 Å². The molecule has 35 heavy (non-hydrogen) atoms. The Balaban J connectivity index is 1.55. The molecule has 5 heteroatoms. The van der Waals surface area contributed by atoms with Gasteiger partial charge >= 0.3 is 0 Å². The standard InChI is InChI=1S/C30H21BN4/c31-25-18-23(26-15-7-13-20-14-8-16-32-27(20)26)17-24(19-25)30-34-28(21-9-3-1-4-10-21)33-29(35-30)22-11-5-2-6-12-22/h1-19H,31H2. The van der Waals surface area contributed by atoms with Gasteiger partial charge in [0.1, 0.15) is 7.85 Å². The molecule has 0 bridgehead atoms. The van der Waals surface area contributed by atoms with Gasteiger partial charge in [-0.15, -0.1) is 0 Å². The Morgan fingerprint density at radius 1 is 0.486 bits per heavy atom. The second kappa shape index (κ2) is 8.95. The van der Waals surface area contributed by atoms with E-state index in [1.165, 1.54) is 0 Å². The highest BCUT2D eigenvalue weighted by Crippen LogP contribution is 2.30. The van der Waals surface area contributed by atoms with Crippen molar-refractivity contribution in [1.82, 2.24) is 19.9 Å². The van der Waals surface area contributed by atoms with Crippen LogP contribution < -0.4 is 5.46 Å². The van der Waals surface area contributed by atoms with Gasteiger partial charge in [0.05, 0.1) is 5.52 Å². The summed E-state index contributed by atoms with van der Waals surface area (Å²) in [6, 6.07) is 36.9. The first kappa shape index (κ1) is 20.9. The van der Waals surface area contributed by atoms with Crippen molar-refractivity contribution in [3.8, 4) is 45.3 Å². The second-order valence-electron chi connectivity index (χ2n) is 8.51. The van der Waals surface area contributed by atoms with Crippen molar-refractivity contribution in [1.29, 1.82) is 0 Å². The SMILES string of the molecule is Bc1cc(-c2nc(-c3ccccc3)nc(-c3ccccc3)n2)cc(-c2cccc3cccnc23)c1. The number of benzene rings is 4. The highest BCUT2D eigenvalue weighted by Gasteiger charge is 2.14. The van der Waals surface area contributed by atoms with Crippen LogP contribution in [0.3, 0.4) is 0 Å². The molecule has 0 aliphatic heterocycles. The molecule has 4 nitrogen and oxygen atoms in total. The Bertz CT molecular complexity index is 1590. The van der Waals surface area contributed by atoms with E-state index in [9.17, 15) is 0 Å². The molecule has 0 saturated heterocycles. The Hall–Kier alpha value is -4.64. The lowest BCUT2D eigenvalue weighted by atomic mass is 9.89. The summed E-state index contributed by atoms with van der Waals surface area (Å²) < 4.78 is 0. The largest absolute Gasteiger partial charge is 0.256 e. The van der Waals surface area contributed by atoms with E-state index in [4.69, 9.17) is 15.0 Å². The summed E-state index contributed by atoms with van der Waals surface area (Å²) in [5.74, 6) is 1.96. The fraction of sp³-hybridized carbons (Fsp3) is 0. The maximum absolute atomic E-state index is 4.90. The van der Waals surface area contributed by atoms with Crippen LogP contribution in [-0.2, 0) is 0 Å². The molecule has 0 aliphatic rings. The lowest BCUT2D eigenvalue weighted by Crippen LogP contribution is -2.06. The average molecular weight is 448 g/mol. The summed E-state index contributed by atoms with van der Waals surface area (Å²) in [6.07, 6.45) is 1.84. The van der Waals surface area contributed by atoms with Crippen molar-refractivity contribution >= 4 is 24.2 Å². The topological polar surface area (TPSA) is 51.6 Å². The summed E-state index contributed by atoms with van der Waals surface area (Å²) in [5, 5.41) is 1.12. The van der Waals surface area contributed by atoms with Crippen LogP contribution in [0.15, 0.2) is 115 Å². The second-order valence-corrected chi connectivity index (χ2v) is 8.51. The van der Waals surface area contributed by atoms with Crippen LogP contribution >= 0.6 is 0 Å². The quantitative estimate of drug-likeness (QED) is 0.342. The van der Waals surface area contributed by atoms with E-state index in [2.05, 4.69) is 55.3 Å². The minimum Gasteiger partial charge on any atom is -0.256 e. The summed E-state index contributed by atoms with van der Waals surface area (Å²) in [4.78, 5) is 19.3. The molecule has 4 aromatic carbocycles. The molecule has 0 amide bonds. The predicted octanol–water partition coefficient (Wildman–Crippen LogP) is 5.35. The molecule has 0 radical (unpaired) electrons. The number of rotatable bonds is 4. The zero-order valence-electron chi connectivity index (χ0n) is 19.3. The van der Waals surface area contributed by atoms with Gasteiger partial charge in [-0.2, -0.15) is 0 Å². The van der Waals surface area contributed by atoms with Crippen LogP contribution in [0.1, 0.15) is 0 Å². The van der Waals surface area contributed by atoms with E-state index < -0.39 is 0 Å². The Morgan fingerprint density at radius 3 is 1.71 bits per heavy atom. The number of fused-ring (bicyclic) bond motifs is 1. The van der Waals surface area contributed by atoms with Gasteiger partial charge in [-0.3, -0.25) is 4.98 Å². The molecule has 0 N–H and O–H groups in total. The van der Waals surface area contributed by atoms with Gasteiger partial charge in [0.15, 0.2) is 17.5 Å². The normalized spacial score (nSPS) is 11.0. The van der Waals surface area contributed by atoms with E-state index in [0.717, 1.165) is 44.2 Å². The number of nitrogens with zero attached hydrogens (tertiary/aromatic N) is 4. The third-order valence-corrected chi connectivity index (χ3v) is 5.98. The van der Waals surface area contributed by atoms with Gasteiger partial charge in [-0.25, -0.2) is 15.0 Å².